The van der Waals surface area contributed by atoms with Crippen molar-refractivity contribution in [1.82, 2.24) is 14.9 Å². The number of carboxylic acids is 1. The van der Waals surface area contributed by atoms with Crippen LogP contribution in [0.1, 0.15) is 43.0 Å². The Bertz CT molecular complexity index is 703. The van der Waals surface area contributed by atoms with Crippen LogP contribution in [0.15, 0.2) is 18.2 Å². The second kappa shape index (κ2) is 5.55. The number of nitrogens with zero attached hydrogens (tertiary/aromatic N) is 2. The molecule has 0 fully saturated rings. The van der Waals surface area contributed by atoms with Gasteiger partial charge < -0.3 is 15.0 Å². The number of carboxylic acid groups (broad SMARTS) is 1. The van der Waals surface area contributed by atoms with Gasteiger partial charge in [0.15, 0.2) is 0 Å². The maximum Gasteiger partial charge on any atom is 0.337 e. The minimum absolute atomic E-state index is 0.0222. The fourth-order valence-corrected chi connectivity index (χ4v) is 2.43. The third-order valence-corrected chi connectivity index (χ3v) is 3.31. The smallest absolute Gasteiger partial charge is 0.337 e. The summed E-state index contributed by atoms with van der Waals surface area (Å²) in [4.78, 5) is 28.0. The quantitative estimate of drug-likeness (QED) is 0.903. The van der Waals surface area contributed by atoms with Crippen LogP contribution in [0.25, 0.3) is 11.0 Å². The van der Waals surface area contributed by atoms with Gasteiger partial charge in [-0.05, 0) is 39.8 Å². The van der Waals surface area contributed by atoms with E-state index < -0.39 is 12.0 Å². The Kier molecular flexibility index (Phi) is 3.97. The first-order chi connectivity index (χ1) is 9.82. The summed E-state index contributed by atoms with van der Waals surface area (Å²) in [6.45, 7) is 7.27. The van der Waals surface area contributed by atoms with Gasteiger partial charge in [-0.1, -0.05) is 6.07 Å². The summed E-state index contributed by atoms with van der Waals surface area (Å²) in [5.41, 5.74) is 1.21. The van der Waals surface area contributed by atoms with Crippen molar-refractivity contribution in [2.45, 2.75) is 39.8 Å². The number of benzene rings is 1. The molecule has 2 N–H and O–H groups in total. The molecule has 2 rings (SSSR count). The van der Waals surface area contributed by atoms with E-state index in [4.69, 9.17) is 0 Å². The molecular formula is C15H19N3O3. The zero-order valence-electron chi connectivity index (χ0n) is 12.5. The first-order valence-corrected chi connectivity index (χ1v) is 6.84. The van der Waals surface area contributed by atoms with Gasteiger partial charge in [0, 0.05) is 6.04 Å². The molecule has 1 atom stereocenters. The third kappa shape index (κ3) is 2.74. The maximum absolute atomic E-state index is 12.2. The number of carbonyl (C=O) groups is 2. The van der Waals surface area contributed by atoms with Gasteiger partial charge in [-0.25, -0.2) is 9.78 Å². The largest absolute Gasteiger partial charge is 0.478 e. The Labute approximate surface area is 122 Å². The molecule has 0 saturated heterocycles. The lowest BCUT2D eigenvalue weighted by atomic mass is 10.1. The zero-order chi connectivity index (χ0) is 15.7. The van der Waals surface area contributed by atoms with Crippen LogP contribution in [-0.2, 0) is 4.79 Å². The lowest BCUT2D eigenvalue weighted by molar-refractivity contribution is -0.124. The van der Waals surface area contributed by atoms with E-state index >= 15 is 0 Å². The summed E-state index contributed by atoms with van der Waals surface area (Å²) in [7, 11) is 0. The number of amides is 1. The second-order valence-corrected chi connectivity index (χ2v) is 5.35. The van der Waals surface area contributed by atoms with Gasteiger partial charge in [-0.15, -0.1) is 0 Å². The molecule has 0 radical (unpaired) electrons. The number of aromatic nitrogens is 2. The number of para-hydroxylation sites is 1. The zero-order valence-corrected chi connectivity index (χ0v) is 12.5. The van der Waals surface area contributed by atoms with E-state index in [0.29, 0.717) is 16.9 Å². The van der Waals surface area contributed by atoms with Gasteiger partial charge in [0.05, 0.1) is 16.6 Å². The van der Waals surface area contributed by atoms with Gasteiger partial charge in [-0.2, -0.15) is 0 Å². The lowest BCUT2D eigenvalue weighted by Gasteiger charge is -2.18. The summed E-state index contributed by atoms with van der Waals surface area (Å²) in [5, 5.41) is 12.2. The summed E-state index contributed by atoms with van der Waals surface area (Å²) in [6.07, 6.45) is 0. The van der Waals surface area contributed by atoms with Gasteiger partial charge in [0.2, 0.25) is 5.91 Å². The molecule has 1 aromatic heterocycles. The molecule has 112 valence electrons. The van der Waals surface area contributed by atoms with E-state index in [2.05, 4.69) is 10.3 Å². The number of rotatable bonds is 4. The van der Waals surface area contributed by atoms with E-state index in [-0.39, 0.29) is 17.5 Å². The predicted molar refractivity (Wildman–Crippen MR) is 79.4 cm³/mol. The number of nitrogens with one attached hydrogen (secondary N) is 1. The molecule has 0 aliphatic carbocycles. The lowest BCUT2D eigenvalue weighted by Crippen LogP contribution is -2.36. The van der Waals surface area contributed by atoms with Gasteiger partial charge >= 0.3 is 5.97 Å². The van der Waals surface area contributed by atoms with Gasteiger partial charge in [-0.3, -0.25) is 4.79 Å². The van der Waals surface area contributed by atoms with Crippen LogP contribution in [0.2, 0.25) is 0 Å². The molecule has 0 saturated carbocycles. The van der Waals surface area contributed by atoms with Crippen molar-refractivity contribution < 1.29 is 14.7 Å². The van der Waals surface area contributed by atoms with Crippen molar-refractivity contribution in [2.75, 3.05) is 0 Å². The molecule has 1 heterocycles. The number of imidazole rings is 1. The van der Waals surface area contributed by atoms with Crippen LogP contribution >= 0.6 is 0 Å². The molecule has 6 nitrogen and oxygen atoms in total. The summed E-state index contributed by atoms with van der Waals surface area (Å²) < 4.78 is 1.68. The monoisotopic (exact) mass is 289 g/mol. The van der Waals surface area contributed by atoms with E-state index in [1.807, 2.05) is 13.8 Å². The molecule has 2 aromatic rings. The van der Waals surface area contributed by atoms with Crippen molar-refractivity contribution in [3.63, 3.8) is 0 Å². The predicted octanol–water partition coefficient (Wildman–Crippen LogP) is 2.13. The summed E-state index contributed by atoms with van der Waals surface area (Å²) in [5.74, 6) is -0.573. The van der Waals surface area contributed by atoms with Crippen molar-refractivity contribution in [3.05, 3.63) is 29.6 Å². The molecule has 0 bridgehead atoms. The van der Waals surface area contributed by atoms with Gasteiger partial charge in [0.25, 0.3) is 0 Å². The average molecular weight is 289 g/mol. The fourth-order valence-electron chi connectivity index (χ4n) is 2.43. The molecule has 0 aliphatic rings. The van der Waals surface area contributed by atoms with Crippen LogP contribution in [0, 0.1) is 6.92 Å². The van der Waals surface area contributed by atoms with Crippen molar-refractivity contribution in [2.24, 2.45) is 0 Å². The third-order valence-electron chi connectivity index (χ3n) is 3.31. The number of hydrogen-bond donors (Lipinski definition) is 2. The highest BCUT2D eigenvalue weighted by Gasteiger charge is 2.23. The Morgan fingerprint density at radius 2 is 1.95 bits per heavy atom. The van der Waals surface area contributed by atoms with Crippen molar-refractivity contribution >= 4 is 22.9 Å². The number of hydrogen-bond acceptors (Lipinski definition) is 3. The SMILES string of the molecule is Cc1nc2cccc(C(=O)O)c2n1C(C)C(=O)NC(C)C. The number of carbonyl (C=O) groups excluding carboxylic acids is 1. The van der Waals surface area contributed by atoms with Crippen LogP contribution in [0.3, 0.4) is 0 Å². The fraction of sp³-hybridized carbons (Fsp3) is 0.400. The average Bonchev–Trinajstić information content (AvgIpc) is 2.72. The Balaban J connectivity index is 2.60. The minimum atomic E-state index is -1.03. The van der Waals surface area contributed by atoms with E-state index in [1.54, 1.807) is 30.5 Å². The maximum atomic E-state index is 12.2. The molecule has 21 heavy (non-hydrogen) atoms. The Morgan fingerprint density at radius 3 is 2.52 bits per heavy atom. The van der Waals surface area contributed by atoms with Gasteiger partial charge in [0.1, 0.15) is 11.9 Å². The summed E-state index contributed by atoms with van der Waals surface area (Å²) in [6, 6.07) is 4.42. The number of aromatic carboxylic acids is 1. The molecule has 1 amide bonds. The van der Waals surface area contributed by atoms with Crippen LogP contribution < -0.4 is 5.32 Å². The normalized spacial score (nSPS) is 12.6. The topological polar surface area (TPSA) is 84.2 Å². The minimum Gasteiger partial charge on any atom is -0.478 e. The van der Waals surface area contributed by atoms with Crippen molar-refractivity contribution in [3.8, 4) is 0 Å². The molecule has 6 heteroatoms. The van der Waals surface area contributed by atoms with E-state index in [9.17, 15) is 14.7 Å². The molecule has 0 spiro atoms. The second-order valence-electron chi connectivity index (χ2n) is 5.35. The highest BCUT2D eigenvalue weighted by atomic mass is 16.4. The first-order valence-electron chi connectivity index (χ1n) is 6.84. The number of aryl methyl sites for hydroxylation is 1. The van der Waals surface area contributed by atoms with Crippen LogP contribution in [0.5, 0.6) is 0 Å². The molecular weight excluding hydrogens is 270 g/mol. The number of fused-ring (bicyclic) bond motifs is 1. The summed E-state index contributed by atoms with van der Waals surface area (Å²) >= 11 is 0. The van der Waals surface area contributed by atoms with Crippen molar-refractivity contribution in [1.29, 1.82) is 0 Å². The Morgan fingerprint density at radius 1 is 1.29 bits per heavy atom. The molecule has 0 aliphatic heterocycles. The highest BCUT2D eigenvalue weighted by Crippen LogP contribution is 2.24. The van der Waals surface area contributed by atoms with E-state index in [1.165, 1.54) is 6.07 Å². The Hall–Kier alpha value is -2.37. The van der Waals surface area contributed by atoms with E-state index in [0.717, 1.165) is 0 Å². The molecule has 1 aromatic carbocycles. The van der Waals surface area contributed by atoms with Crippen LogP contribution in [-0.4, -0.2) is 32.6 Å². The first kappa shape index (κ1) is 15.0. The molecule has 1 unspecified atom stereocenters. The van der Waals surface area contributed by atoms with Crippen LogP contribution in [0.4, 0.5) is 0 Å². The highest BCUT2D eigenvalue weighted by molar-refractivity contribution is 6.01. The standard InChI is InChI=1S/C15H19N3O3/c1-8(2)16-14(19)9(3)18-10(4)17-12-7-5-6-11(13(12)18)15(20)21/h5-9H,1-4H3,(H,16,19)(H,20,21).